The largest absolute Gasteiger partial charge is 0.497 e. The molecule has 2 aromatic rings. The Balaban J connectivity index is 1.69. The molecule has 1 aliphatic heterocycles. The van der Waals surface area contributed by atoms with Crippen LogP contribution < -0.4 is 10.1 Å². The summed E-state index contributed by atoms with van der Waals surface area (Å²) < 4.78 is 45.4. The molecule has 1 N–H and O–H groups in total. The van der Waals surface area contributed by atoms with Crippen LogP contribution in [-0.2, 0) is 14.8 Å². The van der Waals surface area contributed by atoms with E-state index in [9.17, 15) is 17.6 Å². The molecular formula is C22H27FN2O4S. The Bertz CT molecular complexity index is 962. The number of nitrogens with zero attached hydrogens (tertiary/aromatic N) is 1. The van der Waals surface area contributed by atoms with Gasteiger partial charge in [-0.15, -0.1) is 0 Å². The molecule has 1 fully saturated rings. The van der Waals surface area contributed by atoms with Crippen LogP contribution in [0.5, 0.6) is 5.75 Å². The molecule has 8 heteroatoms. The van der Waals surface area contributed by atoms with Crippen molar-refractivity contribution in [1.29, 1.82) is 0 Å². The fourth-order valence-electron chi connectivity index (χ4n) is 3.68. The van der Waals surface area contributed by atoms with Gasteiger partial charge in [0.1, 0.15) is 11.6 Å². The standard InChI is InChI=1S/C22H27FN2O4S/c1-3-21(16-6-10-19(29-2)11-7-16)24-22(26)17-5-4-14-25(15-17)30(27,28)20-12-8-18(23)9-13-20/h6-13,17,21H,3-5,14-15H2,1-2H3,(H,24,26)/t17-,21-/m0/s1. The Labute approximate surface area is 177 Å². The summed E-state index contributed by atoms with van der Waals surface area (Å²) in [7, 11) is -2.17. The summed E-state index contributed by atoms with van der Waals surface area (Å²) in [5.41, 5.74) is 0.971. The van der Waals surface area contributed by atoms with Gasteiger partial charge in [-0.1, -0.05) is 19.1 Å². The smallest absolute Gasteiger partial charge is 0.243 e. The third-order valence-electron chi connectivity index (χ3n) is 5.45. The number of methoxy groups -OCH3 is 1. The Kier molecular flexibility index (Phi) is 7.10. The first kappa shape index (κ1) is 22.2. The van der Waals surface area contributed by atoms with Crippen LogP contribution in [0.1, 0.15) is 37.8 Å². The van der Waals surface area contributed by atoms with Crippen LogP contribution in [0.4, 0.5) is 4.39 Å². The minimum absolute atomic E-state index is 0.0367. The summed E-state index contributed by atoms with van der Waals surface area (Å²) in [4.78, 5) is 12.9. The number of benzene rings is 2. The molecule has 2 atom stereocenters. The van der Waals surface area contributed by atoms with Gasteiger partial charge in [0, 0.05) is 13.1 Å². The van der Waals surface area contributed by atoms with Crippen molar-refractivity contribution in [2.75, 3.05) is 20.2 Å². The van der Waals surface area contributed by atoms with Gasteiger partial charge in [-0.2, -0.15) is 4.31 Å². The Morgan fingerprint density at radius 3 is 2.47 bits per heavy atom. The van der Waals surface area contributed by atoms with E-state index in [-0.39, 0.29) is 23.4 Å². The summed E-state index contributed by atoms with van der Waals surface area (Å²) in [6, 6.07) is 12.1. The highest BCUT2D eigenvalue weighted by Crippen LogP contribution is 2.26. The summed E-state index contributed by atoms with van der Waals surface area (Å²) in [6.07, 6.45) is 1.93. The molecule has 1 saturated heterocycles. The number of piperidine rings is 1. The van der Waals surface area contributed by atoms with E-state index in [0.29, 0.717) is 25.8 Å². The van der Waals surface area contributed by atoms with E-state index >= 15 is 0 Å². The molecule has 0 bridgehead atoms. The van der Waals surface area contributed by atoms with Gasteiger partial charge in [0.2, 0.25) is 15.9 Å². The highest BCUT2D eigenvalue weighted by atomic mass is 32.2. The van der Waals surface area contributed by atoms with Gasteiger partial charge in [-0.3, -0.25) is 4.79 Å². The lowest BCUT2D eigenvalue weighted by Crippen LogP contribution is -2.46. The molecule has 1 heterocycles. The highest BCUT2D eigenvalue weighted by Gasteiger charge is 2.34. The van der Waals surface area contributed by atoms with Crippen molar-refractivity contribution in [1.82, 2.24) is 9.62 Å². The molecule has 0 aliphatic carbocycles. The van der Waals surface area contributed by atoms with Gasteiger partial charge < -0.3 is 10.1 Å². The minimum Gasteiger partial charge on any atom is -0.497 e. The van der Waals surface area contributed by atoms with E-state index in [4.69, 9.17) is 4.74 Å². The number of carbonyl (C=O) groups excluding carboxylic acids is 1. The van der Waals surface area contributed by atoms with Crippen molar-refractivity contribution in [3.05, 3.63) is 59.9 Å². The number of hydrogen-bond donors (Lipinski definition) is 1. The van der Waals surface area contributed by atoms with Crippen molar-refractivity contribution >= 4 is 15.9 Å². The molecule has 30 heavy (non-hydrogen) atoms. The van der Waals surface area contributed by atoms with Gasteiger partial charge in [0.15, 0.2) is 0 Å². The second kappa shape index (κ2) is 9.57. The van der Waals surface area contributed by atoms with E-state index in [1.54, 1.807) is 7.11 Å². The molecule has 6 nitrogen and oxygen atoms in total. The van der Waals surface area contributed by atoms with Crippen molar-refractivity contribution in [3.63, 3.8) is 0 Å². The molecule has 0 saturated carbocycles. The zero-order valence-electron chi connectivity index (χ0n) is 17.2. The maximum atomic E-state index is 13.2. The summed E-state index contributed by atoms with van der Waals surface area (Å²) >= 11 is 0. The molecule has 0 radical (unpaired) electrons. The molecule has 0 spiro atoms. The molecule has 0 unspecified atom stereocenters. The number of sulfonamides is 1. The van der Waals surface area contributed by atoms with Gasteiger partial charge in [0.05, 0.1) is 24.0 Å². The Morgan fingerprint density at radius 2 is 1.87 bits per heavy atom. The number of carbonyl (C=O) groups is 1. The van der Waals surface area contributed by atoms with E-state index in [2.05, 4.69) is 5.32 Å². The number of rotatable bonds is 7. The van der Waals surface area contributed by atoms with Crippen LogP contribution in [0, 0.1) is 11.7 Å². The average Bonchev–Trinajstić information content (AvgIpc) is 2.77. The third-order valence-corrected chi connectivity index (χ3v) is 7.33. The predicted octanol–water partition coefficient (Wildman–Crippen LogP) is 3.50. The molecule has 1 aliphatic rings. The second-order valence-corrected chi connectivity index (χ2v) is 9.34. The quantitative estimate of drug-likeness (QED) is 0.724. The minimum atomic E-state index is -3.77. The first-order valence-electron chi connectivity index (χ1n) is 10.0. The zero-order chi connectivity index (χ0) is 21.7. The van der Waals surface area contributed by atoms with Gasteiger partial charge in [-0.05, 0) is 61.2 Å². The van der Waals surface area contributed by atoms with Crippen molar-refractivity contribution in [2.45, 2.75) is 37.1 Å². The maximum Gasteiger partial charge on any atom is 0.243 e. The maximum absolute atomic E-state index is 13.2. The normalized spacial score (nSPS) is 18.6. The van der Waals surface area contributed by atoms with E-state index in [0.717, 1.165) is 23.4 Å². The van der Waals surface area contributed by atoms with Crippen LogP contribution in [0.2, 0.25) is 0 Å². The lowest BCUT2D eigenvalue weighted by molar-refractivity contribution is -0.126. The van der Waals surface area contributed by atoms with Crippen LogP contribution in [0.25, 0.3) is 0 Å². The van der Waals surface area contributed by atoms with Crippen LogP contribution >= 0.6 is 0 Å². The van der Waals surface area contributed by atoms with Gasteiger partial charge >= 0.3 is 0 Å². The van der Waals surface area contributed by atoms with Crippen LogP contribution in [0.3, 0.4) is 0 Å². The predicted molar refractivity (Wildman–Crippen MR) is 112 cm³/mol. The molecular weight excluding hydrogens is 407 g/mol. The van der Waals surface area contributed by atoms with Gasteiger partial charge in [-0.25, -0.2) is 12.8 Å². The topological polar surface area (TPSA) is 75.7 Å². The molecule has 3 rings (SSSR count). The summed E-state index contributed by atoms with van der Waals surface area (Å²) in [6.45, 7) is 2.45. The van der Waals surface area contributed by atoms with Crippen LogP contribution in [-0.4, -0.2) is 38.8 Å². The second-order valence-electron chi connectivity index (χ2n) is 7.40. The highest BCUT2D eigenvalue weighted by molar-refractivity contribution is 7.89. The SMILES string of the molecule is CC[C@H](NC(=O)[C@H]1CCCN(S(=O)(=O)c2ccc(F)cc2)C1)c1ccc(OC)cc1. The fourth-order valence-corrected chi connectivity index (χ4v) is 5.20. The molecule has 1 amide bonds. The Morgan fingerprint density at radius 1 is 1.20 bits per heavy atom. The van der Waals surface area contributed by atoms with Crippen molar-refractivity contribution < 1.29 is 22.3 Å². The van der Waals surface area contributed by atoms with Crippen molar-refractivity contribution in [2.24, 2.45) is 5.92 Å². The lowest BCUT2D eigenvalue weighted by atomic mass is 9.97. The summed E-state index contributed by atoms with van der Waals surface area (Å²) in [5, 5.41) is 3.06. The molecule has 0 aromatic heterocycles. The number of nitrogens with one attached hydrogen (secondary N) is 1. The third kappa shape index (κ3) is 4.99. The van der Waals surface area contributed by atoms with E-state index < -0.39 is 21.8 Å². The average molecular weight is 435 g/mol. The lowest BCUT2D eigenvalue weighted by Gasteiger charge is -2.32. The number of ether oxygens (including phenoxy) is 1. The first-order chi connectivity index (χ1) is 14.3. The van der Waals surface area contributed by atoms with E-state index in [1.165, 1.54) is 16.4 Å². The number of amides is 1. The monoisotopic (exact) mass is 434 g/mol. The van der Waals surface area contributed by atoms with Gasteiger partial charge in [0.25, 0.3) is 0 Å². The van der Waals surface area contributed by atoms with Crippen LogP contribution in [0.15, 0.2) is 53.4 Å². The molecule has 162 valence electrons. The zero-order valence-corrected chi connectivity index (χ0v) is 18.0. The summed E-state index contributed by atoms with van der Waals surface area (Å²) in [5.74, 6) is -0.333. The first-order valence-corrected chi connectivity index (χ1v) is 11.5. The van der Waals surface area contributed by atoms with E-state index in [1.807, 2.05) is 31.2 Å². The Hall–Kier alpha value is -2.45. The number of halogens is 1. The van der Waals surface area contributed by atoms with Crippen molar-refractivity contribution in [3.8, 4) is 5.75 Å². The fraction of sp³-hybridized carbons (Fsp3) is 0.409. The molecule has 2 aromatic carbocycles. The number of hydrogen-bond acceptors (Lipinski definition) is 4.